The fraction of sp³-hybridized carbons (Fsp3) is 0.353. The molecule has 3 unspecified atom stereocenters. The number of halogens is 1. The Balaban J connectivity index is 1.88. The highest BCUT2D eigenvalue weighted by Gasteiger charge is 2.20. The summed E-state index contributed by atoms with van der Waals surface area (Å²) >= 11 is 1.55. The van der Waals surface area contributed by atoms with Crippen LogP contribution in [0.4, 0.5) is 4.39 Å². The molecule has 1 amide bonds. The molecule has 2 N–H and O–H groups in total. The largest absolute Gasteiger partial charge is 0.388 e. The number of aliphatic hydroxyl groups is 1. The summed E-state index contributed by atoms with van der Waals surface area (Å²) in [5, 5.41) is 15.0. The van der Waals surface area contributed by atoms with Gasteiger partial charge in [-0.2, -0.15) is 0 Å². The van der Waals surface area contributed by atoms with Crippen LogP contribution in [0.3, 0.4) is 0 Å². The zero-order valence-corrected chi connectivity index (χ0v) is 13.4. The number of amides is 1. The van der Waals surface area contributed by atoms with Gasteiger partial charge in [0, 0.05) is 10.9 Å². The lowest BCUT2D eigenvalue weighted by atomic mass is 10.0. The zero-order valence-electron chi connectivity index (χ0n) is 12.6. The molecule has 5 heteroatoms. The SMILES string of the molecule is CC(CC(O)c1ccc(F)cc1)NC(=O)C(C)c1cccs1. The summed E-state index contributed by atoms with van der Waals surface area (Å²) in [7, 11) is 0. The monoisotopic (exact) mass is 321 g/mol. The molecule has 2 rings (SSSR count). The molecule has 22 heavy (non-hydrogen) atoms. The minimum absolute atomic E-state index is 0.0544. The summed E-state index contributed by atoms with van der Waals surface area (Å²) in [6.45, 7) is 3.72. The molecule has 0 aliphatic heterocycles. The van der Waals surface area contributed by atoms with Crippen LogP contribution in [-0.4, -0.2) is 17.1 Å². The van der Waals surface area contributed by atoms with Gasteiger partial charge in [-0.05, 0) is 49.4 Å². The molecule has 3 atom stereocenters. The second kappa shape index (κ2) is 7.51. The number of benzene rings is 1. The van der Waals surface area contributed by atoms with Crippen molar-refractivity contribution in [3.05, 3.63) is 58.0 Å². The molecule has 0 bridgehead atoms. The fourth-order valence-electron chi connectivity index (χ4n) is 2.25. The predicted octanol–water partition coefficient (Wildman–Crippen LogP) is 3.62. The molecular formula is C17H20FNO2S. The Morgan fingerprint density at radius 1 is 1.27 bits per heavy atom. The third kappa shape index (κ3) is 4.39. The molecule has 0 spiro atoms. The second-order valence-electron chi connectivity index (χ2n) is 5.45. The maximum absolute atomic E-state index is 12.9. The minimum Gasteiger partial charge on any atom is -0.388 e. The average molecular weight is 321 g/mol. The maximum atomic E-state index is 12.9. The fourth-order valence-corrected chi connectivity index (χ4v) is 3.03. The quantitative estimate of drug-likeness (QED) is 0.854. The molecule has 1 aromatic carbocycles. The summed E-state index contributed by atoms with van der Waals surface area (Å²) in [4.78, 5) is 13.2. The van der Waals surface area contributed by atoms with Crippen LogP contribution < -0.4 is 5.32 Å². The van der Waals surface area contributed by atoms with Gasteiger partial charge in [-0.1, -0.05) is 18.2 Å². The van der Waals surface area contributed by atoms with Crippen molar-refractivity contribution in [2.45, 2.75) is 38.3 Å². The van der Waals surface area contributed by atoms with E-state index < -0.39 is 6.10 Å². The lowest BCUT2D eigenvalue weighted by Crippen LogP contribution is -2.36. The number of carbonyl (C=O) groups excluding carboxylic acids is 1. The lowest BCUT2D eigenvalue weighted by molar-refractivity contribution is -0.122. The van der Waals surface area contributed by atoms with Crippen LogP contribution >= 0.6 is 11.3 Å². The predicted molar refractivity (Wildman–Crippen MR) is 86.3 cm³/mol. The van der Waals surface area contributed by atoms with Gasteiger partial charge < -0.3 is 10.4 Å². The summed E-state index contributed by atoms with van der Waals surface area (Å²) in [6.07, 6.45) is -0.345. The first kappa shape index (κ1) is 16.6. The van der Waals surface area contributed by atoms with Gasteiger partial charge >= 0.3 is 0 Å². The van der Waals surface area contributed by atoms with Crippen LogP contribution in [0.5, 0.6) is 0 Å². The van der Waals surface area contributed by atoms with Crippen molar-refractivity contribution in [1.29, 1.82) is 0 Å². The lowest BCUT2D eigenvalue weighted by Gasteiger charge is -2.20. The van der Waals surface area contributed by atoms with E-state index in [2.05, 4.69) is 5.32 Å². The van der Waals surface area contributed by atoms with Gasteiger partial charge in [0.2, 0.25) is 5.91 Å². The van der Waals surface area contributed by atoms with Crippen molar-refractivity contribution in [1.82, 2.24) is 5.32 Å². The van der Waals surface area contributed by atoms with E-state index >= 15 is 0 Å². The molecule has 1 aromatic heterocycles. The van der Waals surface area contributed by atoms with Crippen LogP contribution in [-0.2, 0) is 4.79 Å². The first-order valence-electron chi connectivity index (χ1n) is 7.24. The third-order valence-electron chi connectivity index (χ3n) is 3.58. The van der Waals surface area contributed by atoms with E-state index in [1.54, 1.807) is 23.5 Å². The van der Waals surface area contributed by atoms with E-state index in [1.807, 2.05) is 31.4 Å². The first-order chi connectivity index (χ1) is 10.5. The van der Waals surface area contributed by atoms with Crippen molar-refractivity contribution in [2.75, 3.05) is 0 Å². The summed E-state index contributed by atoms with van der Waals surface area (Å²) in [6, 6.07) is 9.45. The van der Waals surface area contributed by atoms with Crippen LogP contribution in [0, 0.1) is 5.82 Å². The highest BCUT2D eigenvalue weighted by Crippen LogP contribution is 2.22. The number of thiophene rings is 1. The number of rotatable bonds is 6. The molecule has 3 nitrogen and oxygen atoms in total. The number of hydrogen-bond donors (Lipinski definition) is 2. The van der Waals surface area contributed by atoms with E-state index in [4.69, 9.17) is 0 Å². The topological polar surface area (TPSA) is 49.3 Å². The molecule has 0 saturated carbocycles. The second-order valence-corrected chi connectivity index (χ2v) is 6.43. The Morgan fingerprint density at radius 2 is 1.95 bits per heavy atom. The minimum atomic E-state index is -0.729. The standard InChI is InChI=1S/C17H20FNO2S/c1-11(10-15(20)13-5-7-14(18)8-6-13)19-17(21)12(2)16-4-3-9-22-16/h3-9,11-12,15,20H,10H2,1-2H3,(H,19,21). The van der Waals surface area contributed by atoms with Gasteiger partial charge in [-0.3, -0.25) is 4.79 Å². The molecule has 0 aliphatic rings. The Kier molecular flexibility index (Phi) is 5.69. The highest BCUT2D eigenvalue weighted by atomic mass is 32.1. The maximum Gasteiger partial charge on any atom is 0.228 e. The van der Waals surface area contributed by atoms with Gasteiger partial charge in [0.1, 0.15) is 5.82 Å². The summed E-state index contributed by atoms with van der Waals surface area (Å²) < 4.78 is 12.9. The Hall–Kier alpha value is -1.72. The van der Waals surface area contributed by atoms with Gasteiger partial charge in [-0.25, -0.2) is 4.39 Å². The van der Waals surface area contributed by atoms with Gasteiger partial charge in [-0.15, -0.1) is 11.3 Å². The van der Waals surface area contributed by atoms with Crippen molar-refractivity contribution in [3.63, 3.8) is 0 Å². The highest BCUT2D eigenvalue weighted by molar-refractivity contribution is 7.10. The molecule has 1 heterocycles. The van der Waals surface area contributed by atoms with Crippen molar-refractivity contribution < 1.29 is 14.3 Å². The van der Waals surface area contributed by atoms with Gasteiger partial charge in [0.15, 0.2) is 0 Å². The van der Waals surface area contributed by atoms with E-state index in [-0.39, 0.29) is 23.7 Å². The van der Waals surface area contributed by atoms with Crippen LogP contribution in [0.2, 0.25) is 0 Å². The molecule has 0 aliphatic carbocycles. The molecule has 118 valence electrons. The van der Waals surface area contributed by atoms with Crippen LogP contribution in [0.25, 0.3) is 0 Å². The van der Waals surface area contributed by atoms with Crippen LogP contribution in [0.15, 0.2) is 41.8 Å². The number of carbonyl (C=O) groups is 1. The van der Waals surface area contributed by atoms with E-state index in [0.29, 0.717) is 12.0 Å². The molecule has 0 radical (unpaired) electrons. The van der Waals surface area contributed by atoms with Crippen molar-refractivity contribution in [3.8, 4) is 0 Å². The Labute approximate surface area is 133 Å². The molecule has 2 aromatic rings. The van der Waals surface area contributed by atoms with E-state index in [9.17, 15) is 14.3 Å². The van der Waals surface area contributed by atoms with E-state index in [0.717, 1.165) is 4.88 Å². The number of hydrogen-bond acceptors (Lipinski definition) is 3. The molecule has 0 saturated heterocycles. The smallest absolute Gasteiger partial charge is 0.228 e. The number of nitrogens with one attached hydrogen (secondary N) is 1. The molecular weight excluding hydrogens is 301 g/mol. The average Bonchev–Trinajstić information content (AvgIpc) is 3.00. The van der Waals surface area contributed by atoms with Gasteiger partial charge in [0.25, 0.3) is 0 Å². The zero-order chi connectivity index (χ0) is 16.1. The summed E-state index contributed by atoms with van der Waals surface area (Å²) in [5.41, 5.74) is 0.647. The van der Waals surface area contributed by atoms with Crippen molar-refractivity contribution in [2.24, 2.45) is 0 Å². The van der Waals surface area contributed by atoms with Crippen molar-refractivity contribution >= 4 is 17.2 Å². The van der Waals surface area contributed by atoms with Gasteiger partial charge in [0.05, 0.1) is 12.0 Å². The third-order valence-corrected chi connectivity index (χ3v) is 4.64. The number of aliphatic hydroxyl groups excluding tert-OH is 1. The normalized spacial score (nSPS) is 15.1. The Morgan fingerprint density at radius 3 is 2.55 bits per heavy atom. The van der Waals surface area contributed by atoms with E-state index in [1.165, 1.54) is 12.1 Å². The molecule has 0 fully saturated rings. The Bertz CT molecular complexity index is 598. The van der Waals surface area contributed by atoms with Crippen LogP contribution in [0.1, 0.15) is 42.7 Å². The first-order valence-corrected chi connectivity index (χ1v) is 8.12. The summed E-state index contributed by atoms with van der Waals surface area (Å²) in [5.74, 6) is -0.589.